The molecule has 14 nitrogen and oxygen atoms in total. The van der Waals surface area contributed by atoms with Gasteiger partial charge in [0.15, 0.2) is 0 Å². The predicted molar refractivity (Wildman–Crippen MR) is 140 cm³/mol. The van der Waals surface area contributed by atoms with E-state index >= 15 is 0 Å². The third-order valence-corrected chi connectivity index (χ3v) is 10.1. The Morgan fingerprint density at radius 3 is 2.60 bits per heavy atom. The number of amides is 1. The number of nitro groups is 1. The van der Waals surface area contributed by atoms with Crippen LogP contribution in [-0.2, 0) is 35.8 Å². The van der Waals surface area contributed by atoms with Gasteiger partial charge >= 0.3 is 5.97 Å². The standard InChI is InChI=1S/C24H25N5O9S2/c1-12-17(16-9-27-11-25-21(23(27)39-16)40(35,36)26(3)37-4)20(28-19(12)18(13(2)30)22(28)31)24(32)38-10-14-5-7-15(8-6-14)29(33)34/h5-9,11-13,18-19,30H,10H2,1-4H3/t12-,13+,18+,19+/m0/s1. The Morgan fingerprint density at radius 1 is 1.32 bits per heavy atom. The summed E-state index contributed by atoms with van der Waals surface area (Å²) in [4.78, 5) is 47.9. The van der Waals surface area contributed by atoms with Gasteiger partial charge in [0, 0.05) is 36.9 Å². The van der Waals surface area contributed by atoms with E-state index in [4.69, 9.17) is 9.57 Å². The van der Waals surface area contributed by atoms with Gasteiger partial charge in [0.2, 0.25) is 10.9 Å². The summed E-state index contributed by atoms with van der Waals surface area (Å²) in [5, 5.41) is 20.9. The third-order valence-electron chi connectivity index (χ3n) is 7.17. The first-order valence-electron chi connectivity index (χ1n) is 12.0. The number of carbonyl (C=O) groups excluding carboxylic acids is 2. The molecule has 1 saturated heterocycles. The van der Waals surface area contributed by atoms with Crippen LogP contribution in [0.1, 0.15) is 24.3 Å². The first kappa shape index (κ1) is 27.9. The largest absolute Gasteiger partial charge is 0.456 e. The van der Waals surface area contributed by atoms with Crippen molar-refractivity contribution in [1.82, 2.24) is 18.8 Å². The van der Waals surface area contributed by atoms with E-state index in [-0.39, 0.29) is 27.8 Å². The van der Waals surface area contributed by atoms with Crippen LogP contribution < -0.4 is 0 Å². The normalized spacial score (nSPS) is 21.6. The number of hydroxylamine groups is 1. The second-order valence-corrected chi connectivity index (χ2v) is 12.4. The Morgan fingerprint density at radius 2 is 2.00 bits per heavy atom. The quantitative estimate of drug-likeness (QED) is 0.167. The van der Waals surface area contributed by atoms with E-state index in [2.05, 4.69) is 4.98 Å². The minimum atomic E-state index is -4.07. The summed E-state index contributed by atoms with van der Waals surface area (Å²) in [6, 6.07) is 5.03. The number of β-lactam (4-membered cyclic amide) rings is 1. The van der Waals surface area contributed by atoms with Crippen molar-refractivity contribution >= 4 is 49.3 Å². The van der Waals surface area contributed by atoms with E-state index in [1.165, 1.54) is 61.0 Å². The number of imidazole rings is 1. The van der Waals surface area contributed by atoms with Crippen LogP contribution in [0.5, 0.6) is 0 Å². The zero-order chi connectivity index (χ0) is 29.1. The van der Waals surface area contributed by atoms with Crippen LogP contribution in [0.2, 0.25) is 0 Å². The average molecular weight is 592 g/mol. The number of aliphatic hydroxyl groups excluding tert-OH is 1. The summed E-state index contributed by atoms with van der Waals surface area (Å²) >= 11 is 1.08. The lowest BCUT2D eigenvalue weighted by molar-refractivity contribution is -0.384. The molecular weight excluding hydrogens is 566 g/mol. The van der Waals surface area contributed by atoms with Crippen molar-refractivity contribution in [3.63, 3.8) is 0 Å². The van der Waals surface area contributed by atoms with Crippen molar-refractivity contribution in [2.45, 2.75) is 37.6 Å². The van der Waals surface area contributed by atoms with Crippen LogP contribution in [0, 0.1) is 22.0 Å². The second kappa shape index (κ2) is 10.0. The van der Waals surface area contributed by atoms with Gasteiger partial charge in [-0.3, -0.25) is 24.1 Å². The van der Waals surface area contributed by atoms with Crippen molar-refractivity contribution in [3.05, 3.63) is 63.0 Å². The van der Waals surface area contributed by atoms with E-state index in [0.29, 0.717) is 20.5 Å². The summed E-state index contributed by atoms with van der Waals surface area (Å²) in [7, 11) is -1.62. The van der Waals surface area contributed by atoms with Gasteiger partial charge in [0.25, 0.3) is 15.7 Å². The van der Waals surface area contributed by atoms with Crippen molar-refractivity contribution < 1.29 is 37.6 Å². The number of benzene rings is 1. The number of esters is 1. The predicted octanol–water partition coefficient (Wildman–Crippen LogP) is 1.80. The number of non-ortho nitro benzene ring substituents is 1. The van der Waals surface area contributed by atoms with Crippen molar-refractivity contribution in [2.24, 2.45) is 11.8 Å². The number of aromatic nitrogens is 2. The number of aliphatic hydroxyl groups is 1. The molecular formula is C24H25N5O9S2. The van der Waals surface area contributed by atoms with E-state index < -0.39 is 50.8 Å². The fourth-order valence-electron chi connectivity index (χ4n) is 5.11. The van der Waals surface area contributed by atoms with Gasteiger partial charge in [-0.2, -0.15) is 0 Å². The zero-order valence-electron chi connectivity index (χ0n) is 21.7. The molecule has 2 aromatic heterocycles. The maximum Gasteiger partial charge on any atom is 0.355 e. The first-order valence-corrected chi connectivity index (χ1v) is 14.3. The molecule has 40 heavy (non-hydrogen) atoms. The SMILES string of the molecule is CON(C)S(=O)(=O)c1ncn2cc(C3=C(C(=O)OCc4ccc([N+](=O)[O-])cc4)N4C(=O)[C@H]([C@@H](C)O)[C@H]4[C@H]3C)sc12. The summed E-state index contributed by atoms with van der Waals surface area (Å²) in [6.45, 7) is 3.15. The van der Waals surface area contributed by atoms with E-state index in [9.17, 15) is 33.2 Å². The van der Waals surface area contributed by atoms with Crippen molar-refractivity contribution in [3.8, 4) is 0 Å². The monoisotopic (exact) mass is 591 g/mol. The van der Waals surface area contributed by atoms with Crippen LogP contribution >= 0.6 is 11.3 Å². The second-order valence-electron chi connectivity index (χ2n) is 9.47. The van der Waals surface area contributed by atoms with Gasteiger partial charge in [-0.25, -0.2) is 18.2 Å². The van der Waals surface area contributed by atoms with Crippen molar-refractivity contribution in [1.29, 1.82) is 0 Å². The minimum Gasteiger partial charge on any atom is -0.456 e. The molecule has 2 aliphatic heterocycles. The molecule has 0 radical (unpaired) electrons. The molecule has 0 saturated carbocycles. The zero-order valence-corrected chi connectivity index (χ0v) is 23.4. The maximum absolute atomic E-state index is 13.5. The highest BCUT2D eigenvalue weighted by molar-refractivity contribution is 7.89. The number of carbonyl (C=O) groups is 2. The highest BCUT2D eigenvalue weighted by atomic mass is 32.2. The number of fused-ring (bicyclic) bond motifs is 2. The molecule has 0 aliphatic carbocycles. The molecule has 212 valence electrons. The number of hydrogen-bond acceptors (Lipinski definition) is 11. The van der Waals surface area contributed by atoms with Crippen molar-refractivity contribution in [2.75, 3.05) is 14.2 Å². The number of sulfonamides is 1. The van der Waals surface area contributed by atoms with Crippen LogP contribution in [0.3, 0.4) is 0 Å². The number of rotatable bonds is 9. The van der Waals surface area contributed by atoms with E-state index in [1.54, 1.807) is 6.20 Å². The molecule has 1 N–H and O–H groups in total. The Hall–Kier alpha value is -3.70. The van der Waals surface area contributed by atoms with Gasteiger partial charge in [-0.15, -0.1) is 11.3 Å². The third kappa shape index (κ3) is 4.28. The van der Waals surface area contributed by atoms with Gasteiger partial charge in [0.05, 0.1) is 35.0 Å². The highest BCUT2D eigenvalue weighted by Crippen LogP contribution is 2.52. The summed E-state index contributed by atoms with van der Waals surface area (Å²) in [5.41, 5.74) is 0.892. The summed E-state index contributed by atoms with van der Waals surface area (Å²) in [6.07, 6.45) is 2.01. The number of ether oxygens (including phenoxy) is 1. The number of nitrogens with zero attached hydrogens (tertiary/aromatic N) is 5. The number of hydrogen-bond donors (Lipinski definition) is 1. The molecule has 1 fully saturated rings. The van der Waals surface area contributed by atoms with Crippen LogP contribution in [-0.4, -0.2) is 75.4 Å². The number of thiazole rings is 1. The minimum absolute atomic E-state index is 0.0113. The first-order chi connectivity index (χ1) is 18.9. The highest BCUT2D eigenvalue weighted by Gasteiger charge is 2.60. The van der Waals surface area contributed by atoms with Gasteiger partial charge in [-0.05, 0) is 24.6 Å². The Balaban J connectivity index is 1.54. The Kier molecular flexibility index (Phi) is 6.99. The molecule has 4 atom stereocenters. The summed E-state index contributed by atoms with van der Waals surface area (Å²) < 4.78 is 33.5. The van der Waals surface area contributed by atoms with Gasteiger partial charge in [-0.1, -0.05) is 11.4 Å². The average Bonchev–Trinajstić information content (AvgIpc) is 3.56. The molecule has 0 unspecified atom stereocenters. The molecule has 0 bridgehead atoms. The molecule has 16 heteroatoms. The molecule has 1 aromatic carbocycles. The maximum atomic E-state index is 13.5. The number of nitro benzene ring substituents is 1. The molecule has 5 rings (SSSR count). The van der Waals surface area contributed by atoms with Crippen LogP contribution in [0.15, 0.2) is 47.5 Å². The fourth-order valence-corrected chi connectivity index (χ4v) is 7.61. The van der Waals surface area contributed by atoms with E-state index in [1.807, 2.05) is 6.92 Å². The topological polar surface area (TPSA) is 174 Å². The molecule has 3 aromatic rings. The molecule has 4 heterocycles. The lowest BCUT2D eigenvalue weighted by Crippen LogP contribution is -2.63. The molecule has 2 aliphatic rings. The lowest BCUT2D eigenvalue weighted by atomic mass is 9.77. The summed E-state index contributed by atoms with van der Waals surface area (Å²) in [5.74, 6) is -2.32. The molecule has 1 amide bonds. The van der Waals surface area contributed by atoms with Gasteiger partial charge < -0.3 is 14.7 Å². The molecule has 0 spiro atoms. The van der Waals surface area contributed by atoms with Crippen LogP contribution in [0.4, 0.5) is 5.69 Å². The Labute approximate surface area is 232 Å². The fraction of sp³-hybridized carbons (Fsp3) is 0.375. The lowest BCUT2D eigenvalue weighted by Gasteiger charge is -2.46. The van der Waals surface area contributed by atoms with E-state index in [0.717, 1.165) is 11.3 Å². The smallest absolute Gasteiger partial charge is 0.355 e. The van der Waals surface area contributed by atoms with Gasteiger partial charge in [0.1, 0.15) is 23.5 Å². The van der Waals surface area contributed by atoms with Crippen LogP contribution in [0.25, 0.3) is 10.4 Å². The Bertz CT molecular complexity index is 1660.